The Morgan fingerprint density at radius 1 is 0.293 bits per heavy atom. The predicted octanol–water partition coefficient (Wildman–Crippen LogP) is 15.9. The molecular formula is C41H83. The quantitative estimate of drug-likeness (QED) is 0.0646. The molecule has 0 aromatic rings. The van der Waals surface area contributed by atoms with Crippen LogP contribution in [0, 0.1) is 12.8 Å². The lowest BCUT2D eigenvalue weighted by molar-refractivity contribution is 0.468. The Labute approximate surface area is 263 Å². The van der Waals surface area contributed by atoms with Gasteiger partial charge in [-0.1, -0.05) is 258 Å². The standard InChI is InChI=1S/C41H83/c1-4-6-7-8-9-10-11-12-13-14-15-16-17-18-19-20-21-22-23-24-25-26-27-28-29-30-31-32-33-34-35-36-37-38-39-40-41(3)5-2/h41H,1,4-40H2,2-3H3. The van der Waals surface area contributed by atoms with Crippen LogP contribution in [0.15, 0.2) is 0 Å². The number of rotatable bonds is 37. The second kappa shape index (κ2) is 38.0. The van der Waals surface area contributed by atoms with Crippen LogP contribution < -0.4 is 0 Å². The van der Waals surface area contributed by atoms with E-state index in [9.17, 15) is 0 Å². The Hall–Kier alpha value is 0. The van der Waals surface area contributed by atoms with E-state index in [-0.39, 0.29) is 0 Å². The summed E-state index contributed by atoms with van der Waals surface area (Å²) >= 11 is 0. The summed E-state index contributed by atoms with van der Waals surface area (Å²) in [6.07, 6.45) is 54.2. The Bertz CT molecular complexity index is 426. The van der Waals surface area contributed by atoms with Crippen LogP contribution in [0.1, 0.15) is 251 Å². The second-order valence-electron chi connectivity index (χ2n) is 14.2. The molecule has 0 nitrogen and oxygen atoms in total. The Morgan fingerprint density at radius 3 is 0.634 bits per heavy atom. The maximum absolute atomic E-state index is 3.93. The van der Waals surface area contributed by atoms with Gasteiger partial charge in [0.15, 0.2) is 0 Å². The average Bonchev–Trinajstić information content (AvgIpc) is 2.99. The molecule has 0 bridgehead atoms. The van der Waals surface area contributed by atoms with Crippen LogP contribution in [0.3, 0.4) is 0 Å². The molecule has 0 amide bonds. The fourth-order valence-electron chi connectivity index (χ4n) is 6.53. The van der Waals surface area contributed by atoms with Gasteiger partial charge in [-0.25, -0.2) is 0 Å². The lowest BCUT2D eigenvalue weighted by atomic mass is 9.99. The van der Waals surface area contributed by atoms with Gasteiger partial charge in [-0.05, 0) is 5.92 Å². The van der Waals surface area contributed by atoms with Crippen LogP contribution in [0.2, 0.25) is 0 Å². The van der Waals surface area contributed by atoms with Crippen molar-refractivity contribution >= 4 is 0 Å². The zero-order valence-electron chi connectivity index (χ0n) is 29.4. The van der Waals surface area contributed by atoms with Crippen LogP contribution in [0.4, 0.5) is 0 Å². The summed E-state index contributed by atoms with van der Waals surface area (Å²) in [4.78, 5) is 0. The van der Waals surface area contributed by atoms with Crippen LogP contribution >= 0.6 is 0 Å². The molecule has 0 aliphatic carbocycles. The van der Waals surface area contributed by atoms with Crippen molar-refractivity contribution in [1.29, 1.82) is 0 Å². The molecule has 0 spiro atoms. The van der Waals surface area contributed by atoms with E-state index in [1.807, 2.05) is 0 Å². The topological polar surface area (TPSA) is 0 Å². The molecule has 0 N–H and O–H groups in total. The van der Waals surface area contributed by atoms with Gasteiger partial charge in [-0.15, -0.1) is 0 Å². The Balaban J connectivity index is 3.03. The van der Waals surface area contributed by atoms with E-state index in [1.165, 1.54) is 231 Å². The predicted molar refractivity (Wildman–Crippen MR) is 191 cm³/mol. The van der Waals surface area contributed by atoms with Crippen molar-refractivity contribution in [2.45, 2.75) is 251 Å². The first-order valence-corrected chi connectivity index (χ1v) is 20.1. The molecule has 0 saturated carbocycles. The Morgan fingerprint density at radius 2 is 0.463 bits per heavy atom. The van der Waals surface area contributed by atoms with E-state index >= 15 is 0 Å². The van der Waals surface area contributed by atoms with Crippen LogP contribution in [0.25, 0.3) is 0 Å². The molecule has 0 fully saturated rings. The maximum Gasteiger partial charge on any atom is -0.0445 e. The van der Waals surface area contributed by atoms with Gasteiger partial charge in [-0.3, -0.25) is 0 Å². The highest BCUT2D eigenvalue weighted by atomic mass is 14.1. The van der Waals surface area contributed by atoms with E-state index < -0.39 is 0 Å². The molecule has 0 aromatic carbocycles. The lowest BCUT2D eigenvalue weighted by Gasteiger charge is -2.07. The first-order valence-electron chi connectivity index (χ1n) is 20.1. The van der Waals surface area contributed by atoms with Crippen molar-refractivity contribution in [1.82, 2.24) is 0 Å². The molecule has 1 radical (unpaired) electrons. The molecule has 41 heavy (non-hydrogen) atoms. The molecule has 0 heterocycles. The van der Waals surface area contributed by atoms with Crippen LogP contribution in [-0.4, -0.2) is 0 Å². The molecule has 1 unspecified atom stereocenters. The zero-order chi connectivity index (χ0) is 29.7. The minimum absolute atomic E-state index is 0.947. The molecule has 0 aliphatic rings. The first-order chi connectivity index (χ1) is 20.3. The van der Waals surface area contributed by atoms with E-state index in [2.05, 4.69) is 20.8 Å². The largest absolute Gasteiger partial charge is 0.0651 e. The van der Waals surface area contributed by atoms with E-state index in [1.54, 1.807) is 0 Å². The monoisotopic (exact) mass is 576 g/mol. The van der Waals surface area contributed by atoms with Gasteiger partial charge in [0, 0.05) is 0 Å². The first kappa shape index (κ1) is 41.0. The minimum atomic E-state index is 0.947. The van der Waals surface area contributed by atoms with Gasteiger partial charge < -0.3 is 0 Å². The molecule has 0 saturated heterocycles. The van der Waals surface area contributed by atoms with Gasteiger partial charge in [0.05, 0.1) is 0 Å². The maximum atomic E-state index is 3.93. The van der Waals surface area contributed by atoms with E-state index in [0.717, 1.165) is 12.3 Å². The van der Waals surface area contributed by atoms with Crippen LogP contribution in [-0.2, 0) is 0 Å². The summed E-state index contributed by atoms with van der Waals surface area (Å²) in [6.45, 7) is 8.66. The van der Waals surface area contributed by atoms with Crippen molar-refractivity contribution in [3.8, 4) is 0 Å². The highest BCUT2D eigenvalue weighted by Gasteiger charge is 1.99. The van der Waals surface area contributed by atoms with Gasteiger partial charge >= 0.3 is 0 Å². The van der Waals surface area contributed by atoms with Crippen molar-refractivity contribution in [3.05, 3.63) is 6.92 Å². The average molecular weight is 576 g/mol. The molecule has 0 aromatic heterocycles. The van der Waals surface area contributed by atoms with Gasteiger partial charge in [-0.2, -0.15) is 0 Å². The third-order valence-corrected chi connectivity index (χ3v) is 9.89. The smallest absolute Gasteiger partial charge is 0.0445 e. The summed E-state index contributed by atoms with van der Waals surface area (Å²) < 4.78 is 0. The summed E-state index contributed by atoms with van der Waals surface area (Å²) in [5.41, 5.74) is 0. The van der Waals surface area contributed by atoms with Crippen molar-refractivity contribution < 1.29 is 0 Å². The van der Waals surface area contributed by atoms with Crippen molar-refractivity contribution in [2.75, 3.05) is 0 Å². The summed E-state index contributed by atoms with van der Waals surface area (Å²) in [6, 6.07) is 0. The molecular weight excluding hydrogens is 492 g/mol. The van der Waals surface area contributed by atoms with E-state index in [4.69, 9.17) is 0 Å². The van der Waals surface area contributed by atoms with Crippen molar-refractivity contribution in [2.24, 2.45) is 5.92 Å². The number of hydrogen-bond acceptors (Lipinski definition) is 0. The SMILES string of the molecule is [CH2]CCCCCCCCCCCCCCCCCCCCCCCCCCCCCCCCCCCCC(C)CC. The highest BCUT2D eigenvalue weighted by Crippen LogP contribution is 2.18. The van der Waals surface area contributed by atoms with Gasteiger partial charge in [0.25, 0.3) is 0 Å². The zero-order valence-corrected chi connectivity index (χ0v) is 29.4. The normalized spacial score (nSPS) is 12.4. The fourth-order valence-corrected chi connectivity index (χ4v) is 6.53. The number of unbranched alkanes of at least 4 members (excludes halogenated alkanes) is 34. The fraction of sp³-hybridized carbons (Fsp3) is 0.976. The molecule has 0 rings (SSSR count). The third kappa shape index (κ3) is 38.0. The van der Waals surface area contributed by atoms with Gasteiger partial charge in [0.2, 0.25) is 0 Å². The second-order valence-corrected chi connectivity index (χ2v) is 14.2. The summed E-state index contributed by atoms with van der Waals surface area (Å²) in [5, 5.41) is 0. The molecule has 0 aliphatic heterocycles. The summed E-state index contributed by atoms with van der Waals surface area (Å²) in [7, 11) is 0. The molecule has 1 atom stereocenters. The summed E-state index contributed by atoms with van der Waals surface area (Å²) in [5.74, 6) is 0.947. The lowest BCUT2D eigenvalue weighted by Crippen LogP contribution is -1.91. The Kier molecular flexibility index (Phi) is 38.0. The minimum Gasteiger partial charge on any atom is -0.0651 e. The van der Waals surface area contributed by atoms with E-state index in [0.29, 0.717) is 0 Å². The third-order valence-electron chi connectivity index (χ3n) is 9.89. The van der Waals surface area contributed by atoms with Gasteiger partial charge in [0.1, 0.15) is 0 Å². The highest BCUT2D eigenvalue weighted by molar-refractivity contribution is 4.54. The molecule has 0 heteroatoms. The number of hydrogen-bond donors (Lipinski definition) is 0. The molecule has 247 valence electrons. The van der Waals surface area contributed by atoms with Crippen molar-refractivity contribution in [3.63, 3.8) is 0 Å². The van der Waals surface area contributed by atoms with Crippen LogP contribution in [0.5, 0.6) is 0 Å².